The summed E-state index contributed by atoms with van der Waals surface area (Å²) in [6, 6.07) is 7.98. The normalized spacial score (nSPS) is 19.6. The molecule has 2 rings (SSSR count). The van der Waals surface area contributed by atoms with E-state index < -0.39 is 5.60 Å². The van der Waals surface area contributed by atoms with Gasteiger partial charge in [-0.05, 0) is 29.9 Å². The van der Waals surface area contributed by atoms with Gasteiger partial charge < -0.3 is 9.90 Å². The predicted molar refractivity (Wildman–Crippen MR) is 58.7 cm³/mol. The Hall–Kier alpha value is -1.15. The van der Waals surface area contributed by atoms with Crippen molar-refractivity contribution in [1.29, 1.82) is 0 Å². The van der Waals surface area contributed by atoms with E-state index in [0.717, 1.165) is 30.3 Å². The molecule has 80 valence electrons. The quantitative estimate of drug-likeness (QED) is 0.764. The molecule has 0 aromatic heterocycles. The summed E-state index contributed by atoms with van der Waals surface area (Å²) >= 11 is 0. The topological polar surface area (TPSA) is 37.3 Å². The maximum atomic E-state index is 10.4. The molecule has 0 heterocycles. The monoisotopic (exact) mass is 204 g/mol. The molecule has 0 spiro atoms. The maximum Gasteiger partial charge on any atom is 0.120 e. The predicted octanol–water partition coefficient (Wildman–Crippen LogP) is 2.36. The molecule has 1 aromatic carbocycles. The summed E-state index contributed by atoms with van der Waals surface area (Å²) < 4.78 is 0. The number of carbonyl (C=O) groups is 1. The highest BCUT2D eigenvalue weighted by molar-refractivity contribution is 5.51. The first kappa shape index (κ1) is 10.4. The van der Waals surface area contributed by atoms with Gasteiger partial charge in [-0.25, -0.2) is 0 Å². The van der Waals surface area contributed by atoms with Crippen LogP contribution in [0.25, 0.3) is 0 Å². The molecule has 0 saturated heterocycles. The highest BCUT2D eigenvalue weighted by Gasteiger charge is 2.41. The van der Waals surface area contributed by atoms with E-state index in [2.05, 4.69) is 0 Å². The summed E-state index contributed by atoms with van der Waals surface area (Å²) in [5.74, 6) is 0.269. The lowest BCUT2D eigenvalue weighted by molar-refractivity contribution is -0.108. The minimum absolute atomic E-state index is 0.269. The molecular weight excluding hydrogens is 188 g/mol. The molecule has 15 heavy (non-hydrogen) atoms. The van der Waals surface area contributed by atoms with E-state index >= 15 is 0 Å². The highest BCUT2D eigenvalue weighted by Crippen LogP contribution is 2.45. The van der Waals surface area contributed by atoms with Gasteiger partial charge in [0.25, 0.3) is 0 Å². The summed E-state index contributed by atoms with van der Waals surface area (Å²) in [4.78, 5) is 10.4. The van der Waals surface area contributed by atoms with Crippen molar-refractivity contribution < 1.29 is 9.90 Å². The van der Waals surface area contributed by atoms with Crippen molar-refractivity contribution in [2.75, 3.05) is 0 Å². The second kappa shape index (κ2) is 3.78. The van der Waals surface area contributed by atoms with Crippen LogP contribution in [0.2, 0.25) is 0 Å². The molecule has 0 amide bonds. The first-order valence-corrected chi connectivity index (χ1v) is 5.42. The van der Waals surface area contributed by atoms with Crippen LogP contribution in [0.5, 0.6) is 0 Å². The molecule has 1 fully saturated rings. The Balaban J connectivity index is 2.13. The number of hydrogen-bond donors (Lipinski definition) is 1. The van der Waals surface area contributed by atoms with Crippen molar-refractivity contribution in [3.05, 3.63) is 35.4 Å². The van der Waals surface area contributed by atoms with Crippen molar-refractivity contribution in [2.24, 2.45) is 0 Å². The number of aldehydes is 1. The van der Waals surface area contributed by atoms with Crippen LogP contribution < -0.4 is 0 Å². The van der Waals surface area contributed by atoms with Crippen LogP contribution in [0.4, 0.5) is 0 Å². The second-order valence-corrected chi connectivity index (χ2v) is 4.46. The number of aliphatic hydroxyl groups is 1. The van der Waals surface area contributed by atoms with Gasteiger partial charge in [-0.2, -0.15) is 0 Å². The summed E-state index contributed by atoms with van der Waals surface area (Å²) in [6.07, 6.45) is 3.25. The zero-order chi connectivity index (χ0) is 10.9. The van der Waals surface area contributed by atoms with Crippen molar-refractivity contribution in [3.63, 3.8) is 0 Å². The Bertz CT molecular complexity index is 349. The fourth-order valence-corrected chi connectivity index (χ4v) is 1.81. The van der Waals surface area contributed by atoms with Gasteiger partial charge in [0.2, 0.25) is 0 Å². The van der Waals surface area contributed by atoms with Crippen LogP contribution in [-0.2, 0) is 10.4 Å². The molecule has 2 heteroatoms. The van der Waals surface area contributed by atoms with Gasteiger partial charge >= 0.3 is 0 Å². The van der Waals surface area contributed by atoms with Crippen LogP contribution in [0.3, 0.4) is 0 Å². The highest BCUT2D eigenvalue weighted by atomic mass is 16.3. The van der Waals surface area contributed by atoms with E-state index in [0.29, 0.717) is 6.42 Å². The third-order valence-electron chi connectivity index (χ3n) is 3.19. The second-order valence-electron chi connectivity index (χ2n) is 4.46. The minimum atomic E-state index is -0.549. The van der Waals surface area contributed by atoms with Gasteiger partial charge in [-0.15, -0.1) is 0 Å². The average Bonchev–Trinajstić information content (AvgIpc) is 2.99. The number of rotatable bonds is 4. The lowest BCUT2D eigenvalue weighted by Crippen LogP contribution is -2.04. The van der Waals surface area contributed by atoms with E-state index in [4.69, 9.17) is 0 Å². The molecule has 1 unspecified atom stereocenters. The maximum absolute atomic E-state index is 10.4. The van der Waals surface area contributed by atoms with Gasteiger partial charge in [-0.1, -0.05) is 31.2 Å². The van der Waals surface area contributed by atoms with Crippen LogP contribution in [0.1, 0.15) is 43.2 Å². The third kappa shape index (κ3) is 2.10. The van der Waals surface area contributed by atoms with Crippen molar-refractivity contribution in [2.45, 2.75) is 37.7 Å². The summed E-state index contributed by atoms with van der Waals surface area (Å²) in [5.41, 5.74) is 1.62. The molecule has 0 bridgehead atoms. The first-order chi connectivity index (χ1) is 7.15. The van der Waals surface area contributed by atoms with E-state index in [1.165, 1.54) is 0 Å². The minimum Gasteiger partial charge on any atom is -0.385 e. The molecule has 1 aromatic rings. The van der Waals surface area contributed by atoms with Crippen LogP contribution >= 0.6 is 0 Å². The Labute approximate surface area is 89.9 Å². The van der Waals surface area contributed by atoms with Crippen molar-refractivity contribution >= 4 is 6.29 Å². The van der Waals surface area contributed by atoms with Gasteiger partial charge in [0.05, 0.1) is 5.60 Å². The largest absolute Gasteiger partial charge is 0.385 e. The van der Waals surface area contributed by atoms with Crippen LogP contribution in [-0.4, -0.2) is 11.4 Å². The summed E-state index contributed by atoms with van der Waals surface area (Å²) in [7, 11) is 0. The number of carbonyl (C=O) groups excluding carboxylic acids is 1. The zero-order valence-electron chi connectivity index (χ0n) is 8.94. The molecule has 1 aliphatic carbocycles. The Morgan fingerprint density at radius 3 is 2.47 bits per heavy atom. The van der Waals surface area contributed by atoms with Gasteiger partial charge in [0.15, 0.2) is 0 Å². The summed E-state index contributed by atoms with van der Waals surface area (Å²) in [5, 5.41) is 9.88. The third-order valence-corrected chi connectivity index (χ3v) is 3.19. The molecule has 1 atom stereocenters. The van der Waals surface area contributed by atoms with Gasteiger partial charge in [0, 0.05) is 6.42 Å². The lowest BCUT2D eigenvalue weighted by atomic mass is 9.96. The van der Waals surface area contributed by atoms with E-state index in [1.807, 2.05) is 31.2 Å². The van der Waals surface area contributed by atoms with Crippen LogP contribution in [0, 0.1) is 0 Å². The first-order valence-electron chi connectivity index (χ1n) is 5.42. The van der Waals surface area contributed by atoms with Crippen molar-refractivity contribution in [1.82, 2.24) is 0 Å². The molecular formula is C13H16O2. The van der Waals surface area contributed by atoms with E-state index in [-0.39, 0.29) is 5.92 Å². The lowest BCUT2D eigenvalue weighted by Gasteiger charge is -2.11. The van der Waals surface area contributed by atoms with Crippen molar-refractivity contribution in [3.8, 4) is 0 Å². The average molecular weight is 204 g/mol. The standard InChI is InChI=1S/C13H16O2/c1-10(6-9-14)11-2-4-12(5-3-11)13(15)7-8-13/h2-5,9-10,15H,6-8H2,1H3. The Morgan fingerprint density at radius 2 is 2.00 bits per heavy atom. The number of hydrogen-bond acceptors (Lipinski definition) is 2. The zero-order valence-corrected chi connectivity index (χ0v) is 8.94. The molecule has 0 radical (unpaired) electrons. The summed E-state index contributed by atoms with van der Waals surface area (Å²) in [6.45, 7) is 2.04. The molecule has 2 nitrogen and oxygen atoms in total. The number of benzene rings is 1. The molecule has 1 saturated carbocycles. The van der Waals surface area contributed by atoms with Crippen LogP contribution in [0.15, 0.2) is 24.3 Å². The Morgan fingerprint density at radius 1 is 1.40 bits per heavy atom. The SMILES string of the molecule is CC(CC=O)c1ccc(C2(O)CC2)cc1. The molecule has 1 N–H and O–H groups in total. The Kier molecular flexibility index (Phi) is 2.61. The molecule has 1 aliphatic rings. The van der Waals surface area contributed by atoms with Gasteiger partial charge in [-0.3, -0.25) is 0 Å². The van der Waals surface area contributed by atoms with Gasteiger partial charge in [0.1, 0.15) is 6.29 Å². The van der Waals surface area contributed by atoms with E-state index in [1.54, 1.807) is 0 Å². The molecule has 0 aliphatic heterocycles. The smallest absolute Gasteiger partial charge is 0.120 e. The van der Waals surface area contributed by atoms with E-state index in [9.17, 15) is 9.90 Å². The fourth-order valence-electron chi connectivity index (χ4n) is 1.81. The fraction of sp³-hybridized carbons (Fsp3) is 0.462.